The Labute approximate surface area is 238 Å². The summed E-state index contributed by atoms with van der Waals surface area (Å²) in [6.07, 6.45) is 3.40. The number of halogens is 2. The molecule has 2 heterocycles. The van der Waals surface area contributed by atoms with Crippen LogP contribution >= 0.6 is 23.2 Å². The molecule has 39 heavy (non-hydrogen) atoms. The number of anilines is 1. The number of amides is 1. The van der Waals surface area contributed by atoms with Gasteiger partial charge in [-0.25, -0.2) is 0 Å². The van der Waals surface area contributed by atoms with Gasteiger partial charge < -0.3 is 14.5 Å². The third-order valence-electron chi connectivity index (χ3n) is 7.40. The summed E-state index contributed by atoms with van der Waals surface area (Å²) >= 11 is 12.7. The molecule has 5 rings (SSSR count). The summed E-state index contributed by atoms with van der Waals surface area (Å²) in [5.74, 6) is 0.555. The van der Waals surface area contributed by atoms with Crippen LogP contribution in [0.1, 0.15) is 12.5 Å². The van der Waals surface area contributed by atoms with E-state index < -0.39 is 5.41 Å². The molecule has 6 nitrogen and oxygen atoms in total. The molecule has 0 saturated carbocycles. The molecule has 0 aliphatic carbocycles. The number of nitrogens with zero attached hydrogens (tertiary/aromatic N) is 4. The van der Waals surface area contributed by atoms with Crippen LogP contribution in [0.25, 0.3) is 21.9 Å². The standard InChI is InChI=1S/C31H28Cl2N4O2/c1-31(20-34,30(38)37-15-13-36(14-16-37)29-26(32)18-35-19-27(29)33)17-25-22-8-4-3-7-21(22)11-12-23(25)24-9-5-6-10-28(24)39-2/h3-12,18-19H,13-17H2,1-2H3. The summed E-state index contributed by atoms with van der Waals surface area (Å²) in [4.78, 5) is 21.8. The quantitative estimate of drug-likeness (QED) is 0.265. The predicted octanol–water partition coefficient (Wildman–Crippen LogP) is 6.64. The largest absolute Gasteiger partial charge is 0.496 e. The molecule has 0 N–H and O–H groups in total. The second-order valence-corrected chi connectivity index (χ2v) is 10.7. The average molecular weight is 559 g/mol. The number of carbonyl (C=O) groups excluding carboxylic acids is 1. The fourth-order valence-corrected chi connectivity index (χ4v) is 5.95. The van der Waals surface area contributed by atoms with Gasteiger partial charge in [-0.05, 0) is 34.9 Å². The molecule has 0 radical (unpaired) electrons. The van der Waals surface area contributed by atoms with E-state index in [2.05, 4.69) is 28.1 Å². The Morgan fingerprint density at radius 1 is 0.974 bits per heavy atom. The van der Waals surface area contributed by atoms with Gasteiger partial charge in [0.05, 0.1) is 28.9 Å². The van der Waals surface area contributed by atoms with Gasteiger partial charge >= 0.3 is 0 Å². The highest BCUT2D eigenvalue weighted by atomic mass is 35.5. The second kappa shape index (κ2) is 11.1. The maximum atomic E-state index is 13.9. The Balaban J connectivity index is 1.46. The van der Waals surface area contributed by atoms with Crippen LogP contribution in [0.4, 0.5) is 5.69 Å². The van der Waals surface area contributed by atoms with Crippen LogP contribution in [-0.4, -0.2) is 49.1 Å². The van der Waals surface area contributed by atoms with Crippen molar-refractivity contribution in [3.05, 3.63) is 88.7 Å². The molecule has 3 aromatic carbocycles. The zero-order valence-electron chi connectivity index (χ0n) is 21.8. The van der Waals surface area contributed by atoms with Crippen molar-refractivity contribution < 1.29 is 9.53 Å². The van der Waals surface area contributed by atoms with Crippen molar-refractivity contribution >= 4 is 45.6 Å². The Hall–Kier alpha value is -3.79. The van der Waals surface area contributed by atoms with E-state index in [9.17, 15) is 10.1 Å². The molecule has 0 bridgehead atoms. The third-order valence-corrected chi connectivity index (χ3v) is 7.95. The van der Waals surface area contributed by atoms with Crippen LogP contribution in [0.15, 0.2) is 73.1 Å². The first-order valence-corrected chi connectivity index (χ1v) is 13.5. The molecule has 1 fully saturated rings. The summed E-state index contributed by atoms with van der Waals surface area (Å²) in [5, 5.41) is 13.4. The van der Waals surface area contributed by atoms with E-state index in [1.54, 1.807) is 31.3 Å². The molecule has 8 heteroatoms. The van der Waals surface area contributed by atoms with E-state index in [4.69, 9.17) is 27.9 Å². The van der Waals surface area contributed by atoms with E-state index in [1.165, 1.54) is 0 Å². The number of methoxy groups -OCH3 is 1. The van der Waals surface area contributed by atoms with Crippen molar-refractivity contribution in [2.45, 2.75) is 13.3 Å². The maximum absolute atomic E-state index is 13.9. The number of piperazine rings is 1. The topological polar surface area (TPSA) is 69.5 Å². The van der Waals surface area contributed by atoms with Crippen molar-refractivity contribution in [3.8, 4) is 22.9 Å². The van der Waals surface area contributed by atoms with Gasteiger partial charge in [0.1, 0.15) is 11.2 Å². The molecule has 198 valence electrons. The van der Waals surface area contributed by atoms with Gasteiger partial charge in [-0.15, -0.1) is 0 Å². The summed E-state index contributed by atoms with van der Waals surface area (Å²) in [6.45, 7) is 3.76. The molecule has 1 aliphatic heterocycles. The third kappa shape index (κ3) is 5.13. The van der Waals surface area contributed by atoms with Gasteiger partial charge in [0, 0.05) is 50.6 Å². The first-order chi connectivity index (χ1) is 18.9. The summed E-state index contributed by atoms with van der Waals surface area (Å²) < 4.78 is 5.66. The normalized spacial score (nSPS) is 15.1. The molecule has 1 unspecified atom stereocenters. The highest BCUT2D eigenvalue weighted by Gasteiger charge is 2.39. The number of para-hydroxylation sites is 1. The van der Waals surface area contributed by atoms with E-state index >= 15 is 0 Å². The number of ether oxygens (including phenoxy) is 1. The predicted molar refractivity (Wildman–Crippen MR) is 156 cm³/mol. The van der Waals surface area contributed by atoms with Crippen molar-refractivity contribution in [2.75, 3.05) is 38.2 Å². The molecule has 4 aromatic rings. The van der Waals surface area contributed by atoms with Crippen LogP contribution in [0.3, 0.4) is 0 Å². The lowest BCUT2D eigenvalue weighted by Gasteiger charge is -2.39. The monoisotopic (exact) mass is 558 g/mol. The van der Waals surface area contributed by atoms with E-state index in [0.717, 1.165) is 38.9 Å². The lowest BCUT2D eigenvalue weighted by molar-refractivity contribution is -0.138. The van der Waals surface area contributed by atoms with Gasteiger partial charge in [-0.3, -0.25) is 9.78 Å². The van der Waals surface area contributed by atoms with Crippen LogP contribution in [-0.2, 0) is 11.2 Å². The van der Waals surface area contributed by atoms with Crippen molar-refractivity contribution in [3.63, 3.8) is 0 Å². The fraction of sp³-hybridized carbons (Fsp3) is 0.258. The molecule has 1 atom stereocenters. The highest BCUT2D eigenvalue weighted by molar-refractivity contribution is 6.38. The number of rotatable bonds is 6. The van der Waals surface area contributed by atoms with E-state index in [0.29, 0.717) is 36.2 Å². The molecule has 1 saturated heterocycles. The molecule has 1 aliphatic rings. The van der Waals surface area contributed by atoms with Crippen LogP contribution in [0.5, 0.6) is 5.75 Å². The summed E-state index contributed by atoms with van der Waals surface area (Å²) in [7, 11) is 1.65. The van der Waals surface area contributed by atoms with E-state index in [-0.39, 0.29) is 12.3 Å². The highest BCUT2D eigenvalue weighted by Crippen LogP contribution is 2.40. The Kier molecular flexibility index (Phi) is 7.65. The van der Waals surface area contributed by atoms with Gasteiger partial charge in [0.15, 0.2) is 0 Å². The molecule has 1 aromatic heterocycles. The summed E-state index contributed by atoms with van der Waals surface area (Å²) in [6, 6.07) is 22.4. The Morgan fingerprint density at radius 2 is 1.64 bits per heavy atom. The van der Waals surface area contributed by atoms with Crippen LogP contribution < -0.4 is 9.64 Å². The number of fused-ring (bicyclic) bond motifs is 1. The molecule has 0 spiro atoms. The lowest BCUT2D eigenvalue weighted by Crippen LogP contribution is -2.53. The number of hydrogen-bond donors (Lipinski definition) is 0. The Bertz CT molecular complexity index is 1560. The maximum Gasteiger partial charge on any atom is 0.243 e. The van der Waals surface area contributed by atoms with Crippen LogP contribution in [0, 0.1) is 16.7 Å². The van der Waals surface area contributed by atoms with Gasteiger partial charge in [0.2, 0.25) is 5.91 Å². The minimum atomic E-state index is -1.27. The number of hydrogen-bond acceptors (Lipinski definition) is 5. The molecular formula is C31H28Cl2N4O2. The number of aromatic nitrogens is 1. The summed E-state index contributed by atoms with van der Waals surface area (Å²) in [5.41, 5.74) is 2.28. The van der Waals surface area contributed by atoms with Gasteiger partial charge in [0.25, 0.3) is 0 Å². The number of nitriles is 1. The number of pyridine rings is 1. The van der Waals surface area contributed by atoms with Gasteiger partial charge in [-0.2, -0.15) is 5.26 Å². The minimum Gasteiger partial charge on any atom is -0.496 e. The van der Waals surface area contributed by atoms with Crippen molar-refractivity contribution in [1.82, 2.24) is 9.88 Å². The first-order valence-electron chi connectivity index (χ1n) is 12.7. The first kappa shape index (κ1) is 26.8. The molecular weight excluding hydrogens is 531 g/mol. The average Bonchev–Trinajstić information content (AvgIpc) is 2.97. The number of benzene rings is 3. The minimum absolute atomic E-state index is 0.185. The van der Waals surface area contributed by atoms with E-state index in [1.807, 2.05) is 48.5 Å². The SMILES string of the molecule is COc1ccccc1-c1ccc2ccccc2c1CC(C)(C#N)C(=O)N1CCN(c2c(Cl)cncc2Cl)CC1. The lowest BCUT2D eigenvalue weighted by atomic mass is 9.79. The van der Waals surface area contributed by atoms with Gasteiger partial charge in [-0.1, -0.05) is 77.8 Å². The molecule has 1 amide bonds. The zero-order chi connectivity index (χ0) is 27.6. The van der Waals surface area contributed by atoms with Crippen molar-refractivity contribution in [1.29, 1.82) is 5.26 Å². The zero-order valence-corrected chi connectivity index (χ0v) is 23.3. The number of carbonyl (C=O) groups is 1. The van der Waals surface area contributed by atoms with Crippen molar-refractivity contribution in [2.24, 2.45) is 5.41 Å². The van der Waals surface area contributed by atoms with Crippen LogP contribution in [0.2, 0.25) is 10.0 Å². The second-order valence-electron chi connectivity index (χ2n) is 9.86. The fourth-order valence-electron chi connectivity index (χ4n) is 5.35. The Morgan fingerprint density at radius 3 is 2.33 bits per heavy atom. The smallest absolute Gasteiger partial charge is 0.243 e.